The molecule has 1 saturated heterocycles. The zero-order valence-electron chi connectivity index (χ0n) is 20.0. The number of likely N-dealkylation sites (tertiary alicyclic amines) is 1. The number of nitrogens with one attached hydrogen (secondary N) is 2. The molecule has 0 spiro atoms. The first kappa shape index (κ1) is 24.0. The van der Waals surface area contributed by atoms with Gasteiger partial charge in [-0.05, 0) is 93.4 Å². The molecule has 184 valence electrons. The maximum absolute atomic E-state index is 13.5. The van der Waals surface area contributed by atoms with E-state index in [1.807, 2.05) is 30.3 Å². The van der Waals surface area contributed by atoms with Gasteiger partial charge in [0.25, 0.3) is 0 Å². The van der Waals surface area contributed by atoms with E-state index in [4.69, 9.17) is 16.6 Å². The third-order valence-electron chi connectivity index (χ3n) is 7.16. The lowest BCUT2D eigenvalue weighted by molar-refractivity contribution is 0.228. The van der Waals surface area contributed by atoms with Crippen LogP contribution in [-0.4, -0.2) is 40.5 Å². The molecule has 1 aliphatic heterocycles. The Labute approximate surface area is 212 Å². The molecule has 7 heteroatoms. The molecule has 0 amide bonds. The molecule has 1 aliphatic carbocycles. The zero-order chi connectivity index (χ0) is 24.0. The highest BCUT2D eigenvalue weighted by molar-refractivity contribution is 6.33. The molecule has 0 atom stereocenters. The first-order valence-corrected chi connectivity index (χ1v) is 13.1. The number of hydrogen-bond acceptors (Lipinski definition) is 5. The van der Waals surface area contributed by atoms with Crippen LogP contribution in [-0.2, 0) is 6.54 Å². The van der Waals surface area contributed by atoms with Crippen molar-refractivity contribution in [2.75, 3.05) is 30.3 Å². The summed E-state index contributed by atoms with van der Waals surface area (Å²) in [5, 5.41) is 7.48. The van der Waals surface area contributed by atoms with Crippen LogP contribution in [0.15, 0.2) is 54.7 Å². The molecule has 0 bridgehead atoms. The summed E-state index contributed by atoms with van der Waals surface area (Å²) in [6.45, 7) is 4.33. The summed E-state index contributed by atoms with van der Waals surface area (Å²) in [7, 11) is 0. The van der Waals surface area contributed by atoms with Gasteiger partial charge in [0.15, 0.2) is 0 Å². The zero-order valence-corrected chi connectivity index (χ0v) is 20.8. The number of nitrogens with zero attached hydrogens (tertiary/aromatic N) is 3. The van der Waals surface area contributed by atoms with Crippen LogP contribution in [0.4, 0.5) is 16.0 Å². The Balaban J connectivity index is 1.20. The summed E-state index contributed by atoms with van der Waals surface area (Å²) in [4.78, 5) is 11.9. The molecule has 5 nitrogen and oxygen atoms in total. The third kappa shape index (κ3) is 6.50. The second-order valence-corrected chi connectivity index (χ2v) is 10.2. The van der Waals surface area contributed by atoms with Gasteiger partial charge in [-0.1, -0.05) is 29.8 Å². The molecule has 3 heterocycles. The van der Waals surface area contributed by atoms with Gasteiger partial charge < -0.3 is 15.5 Å². The molecule has 2 aliphatic rings. The highest BCUT2D eigenvalue weighted by atomic mass is 35.5. The minimum Gasteiger partial charge on any atom is -0.367 e. The molecule has 0 unspecified atom stereocenters. The number of anilines is 2. The Hall–Kier alpha value is -2.70. The smallest absolute Gasteiger partial charge is 0.126 e. The van der Waals surface area contributed by atoms with Crippen LogP contribution in [0.3, 0.4) is 0 Å². The Morgan fingerprint density at radius 3 is 2.57 bits per heavy atom. The number of halogens is 2. The molecular formula is C28H33ClFN5. The predicted octanol–water partition coefficient (Wildman–Crippen LogP) is 6.61. The van der Waals surface area contributed by atoms with Crippen LogP contribution < -0.4 is 10.6 Å². The monoisotopic (exact) mass is 493 g/mol. The van der Waals surface area contributed by atoms with E-state index in [1.54, 1.807) is 12.3 Å². The lowest BCUT2D eigenvalue weighted by atomic mass is 9.85. The van der Waals surface area contributed by atoms with Crippen molar-refractivity contribution in [1.82, 2.24) is 14.9 Å². The molecule has 1 aromatic carbocycles. The van der Waals surface area contributed by atoms with Crippen molar-refractivity contribution in [3.8, 4) is 11.3 Å². The van der Waals surface area contributed by atoms with Gasteiger partial charge in [-0.25, -0.2) is 14.4 Å². The van der Waals surface area contributed by atoms with Gasteiger partial charge in [-0.15, -0.1) is 0 Å². The van der Waals surface area contributed by atoms with E-state index in [0.717, 1.165) is 28.6 Å². The molecular weight excluding hydrogens is 461 g/mol. The predicted molar refractivity (Wildman–Crippen MR) is 141 cm³/mol. The van der Waals surface area contributed by atoms with Crippen molar-refractivity contribution in [3.63, 3.8) is 0 Å². The summed E-state index contributed by atoms with van der Waals surface area (Å²) >= 11 is 6.52. The van der Waals surface area contributed by atoms with E-state index in [2.05, 4.69) is 20.5 Å². The van der Waals surface area contributed by atoms with Gasteiger partial charge in [-0.3, -0.25) is 0 Å². The van der Waals surface area contributed by atoms with Crippen LogP contribution in [0.5, 0.6) is 0 Å². The van der Waals surface area contributed by atoms with Crippen molar-refractivity contribution in [1.29, 1.82) is 0 Å². The maximum atomic E-state index is 13.5. The standard InChI is InChI=1S/C28H33ClFN5/c29-25-18-32-28(33-23-11-9-20(10-12-23)19-35-13-1-2-14-35)16-24(25)26-7-4-8-27(34-26)31-17-21-5-3-6-22(30)15-21/h3-8,15-16,18,20,23H,1-2,9-14,17,19H2,(H,31,34)(H,32,33). The summed E-state index contributed by atoms with van der Waals surface area (Å²) in [5.74, 6) is 2.14. The van der Waals surface area contributed by atoms with Crippen LogP contribution in [0.25, 0.3) is 11.3 Å². The van der Waals surface area contributed by atoms with E-state index < -0.39 is 0 Å². The second-order valence-electron chi connectivity index (χ2n) is 9.81. The number of aromatic nitrogens is 2. The summed E-state index contributed by atoms with van der Waals surface area (Å²) in [6.07, 6.45) is 9.33. The van der Waals surface area contributed by atoms with E-state index in [0.29, 0.717) is 23.4 Å². The van der Waals surface area contributed by atoms with Gasteiger partial charge in [0.1, 0.15) is 17.5 Å². The summed E-state index contributed by atoms with van der Waals surface area (Å²) in [6, 6.07) is 14.8. The quantitative estimate of drug-likeness (QED) is 0.369. The van der Waals surface area contributed by atoms with Crippen molar-refractivity contribution < 1.29 is 4.39 Å². The molecule has 35 heavy (non-hydrogen) atoms. The highest BCUT2D eigenvalue weighted by Crippen LogP contribution is 2.31. The molecule has 2 N–H and O–H groups in total. The fourth-order valence-corrected chi connectivity index (χ4v) is 5.47. The Morgan fingerprint density at radius 1 is 0.971 bits per heavy atom. The fourth-order valence-electron chi connectivity index (χ4n) is 5.27. The van der Waals surface area contributed by atoms with Gasteiger partial charge >= 0.3 is 0 Å². The van der Waals surface area contributed by atoms with Crippen LogP contribution >= 0.6 is 11.6 Å². The van der Waals surface area contributed by atoms with E-state index in [9.17, 15) is 4.39 Å². The average Bonchev–Trinajstić information content (AvgIpc) is 3.38. The molecule has 1 saturated carbocycles. The molecule has 0 radical (unpaired) electrons. The van der Waals surface area contributed by atoms with Gasteiger partial charge in [0, 0.05) is 30.9 Å². The van der Waals surface area contributed by atoms with Gasteiger partial charge in [-0.2, -0.15) is 0 Å². The molecule has 2 fully saturated rings. The number of rotatable bonds is 8. The largest absolute Gasteiger partial charge is 0.367 e. The van der Waals surface area contributed by atoms with Crippen molar-refractivity contribution >= 4 is 23.2 Å². The Kier molecular flexibility index (Phi) is 7.79. The molecule has 2 aromatic heterocycles. The van der Waals surface area contributed by atoms with Crippen LogP contribution in [0.1, 0.15) is 44.1 Å². The van der Waals surface area contributed by atoms with Crippen LogP contribution in [0, 0.1) is 11.7 Å². The number of benzene rings is 1. The summed E-state index contributed by atoms with van der Waals surface area (Å²) < 4.78 is 13.5. The normalized spacial score (nSPS) is 20.6. The summed E-state index contributed by atoms with van der Waals surface area (Å²) in [5.41, 5.74) is 2.49. The van der Waals surface area contributed by atoms with E-state index >= 15 is 0 Å². The first-order chi connectivity index (χ1) is 17.1. The van der Waals surface area contributed by atoms with E-state index in [1.165, 1.54) is 70.3 Å². The minimum atomic E-state index is -0.241. The Bertz CT molecular complexity index is 1130. The molecule has 5 rings (SSSR count). The lowest BCUT2D eigenvalue weighted by Gasteiger charge is -2.31. The fraction of sp³-hybridized carbons (Fsp3) is 0.429. The topological polar surface area (TPSA) is 53.1 Å². The third-order valence-corrected chi connectivity index (χ3v) is 7.46. The second kappa shape index (κ2) is 11.4. The lowest BCUT2D eigenvalue weighted by Crippen LogP contribution is -2.32. The number of pyridine rings is 2. The van der Waals surface area contributed by atoms with Gasteiger partial charge in [0.05, 0.1) is 10.7 Å². The van der Waals surface area contributed by atoms with E-state index in [-0.39, 0.29) is 5.82 Å². The molecule has 3 aromatic rings. The first-order valence-electron chi connectivity index (χ1n) is 12.7. The average molecular weight is 494 g/mol. The minimum absolute atomic E-state index is 0.241. The van der Waals surface area contributed by atoms with Crippen LogP contribution in [0.2, 0.25) is 5.02 Å². The van der Waals surface area contributed by atoms with Gasteiger partial charge in [0.2, 0.25) is 0 Å². The van der Waals surface area contributed by atoms with Crippen molar-refractivity contribution in [2.24, 2.45) is 5.92 Å². The Morgan fingerprint density at radius 2 is 1.77 bits per heavy atom. The highest BCUT2D eigenvalue weighted by Gasteiger charge is 2.24. The maximum Gasteiger partial charge on any atom is 0.126 e. The SMILES string of the molecule is Fc1cccc(CNc2cccc(-c3cc(NC4CCC(CN5CCCC5)CC4)ncc3Cl)n2)c1. The number of hydrogen-bond donors (Lipinski definition) is 2. The van der Waals surface area contributed by atoms with Crippen molar-refractivity contribution in [3.05, 3.63) is 71.1 Å². The van der Waals surface area contributed by atoms with Crippen molar-refractivity contribution in [2.45, 2.75) is 51.1 Å².